The van der Waals surface area contributed by atoms with Crippen LogP contribution in [0.5, 0.6) is 0 Å². The summed E-state index contributed by atoms with van der Waals surface area (Å²) in [6, 6.07) is 0. The number of ketones is 2. The van der Waals surface area contributed by atoms with E-state index in [9.17, 15) is 24.3 Å². The Morgan fingerprint density at radius 1 is 0.838 bits per heavy atom. The number of carbonyl (C=O) groups excluding carboxylic acids is 4. The van der Waals surface area contributed by atoms with Crippen LogP contribution in [-0.4, -0.2) is 47.3 Å². The van der Waals surface area contributed by atoms with Crippen LogP contribution in [0, 0.1) is 23.7 Å². The second kappa shape index (κ2) is 10.1. The van der Waals surface area contributed by atoms with Crippen molar-refractivity contribution in [3.63, 3.8) is 0 Å². The highest BCUT2D eigenvalue weighted by molar-refractivity contribution is 5.99. The first-order valence-corrected chi connectivity index (χ1v) is 12.6. The van der Waals surface area contributed by atoms with Crippen LogP contribution < -0.4 is 0 Å². The molecular weight excluding hydrogens is 480 g/mol. The summed E-state index contributed by atoms with van der Waals surface area (Å²) in [6.07, 6.45) is 12.0. The molecule has 196 valence electrons. The number of carbonyl (C=O) groups is 4. The summed E-state index contributed by atoms with van der Waals surface area (Å²) in [5.74, 6) is 0.0977. The van der Waals surface area contributed by atoms with E-state index in [-0.39, 0.29) is 29.4 Å². The number of hydrogen-bond acceptors (Lipinski definition) is 9. The minimum absolute atomic E-state index is 0.0246. The number of aliphatic hydroxyl groups excluding tert-OH is 1. The maximum absolute atomic E-state index is 11.9. The largest absolute Gasteiger partial charge is 0.458 e. The fourth-order valence-corrected chi connectivity index (χ4v) is 5.85. The molecule has 9 nitrogen and oxygen atoms in total. The van der Waals surface area contributed by atoms with Gasteiger partial charge in [0.05, 0.1) is 18.6 Å². The van der Waals surface area contributed by atoms with Gasteiger partial charge in [-0.1, -0.05) is 18.6 Å². The Labute approximate surface area is 214 Å². The standard InChI is InChI=1S/C14H14O5.C14H16O4/c1-7-4-12(19-14(7)17)18-6-9-11(16)5-8-2-3-10(15)13(8)9;1-8-5-13(18-14(8)16)17-7-11-10-4-2-3-9(10)6-12(11)15/h2-4,6,8,10,12-13,15H,5H2,1H3;5,7,9-10,13H,2-4,6H2,1H3/b9-6-;11-7+/t8-,10+,12-,13-;9-,10-,13-/m00/s1. The number of fused-ring (bicyclic) bond motifs is 2. The molecule has 0 saturated heterocycles. The summed E-state index contributed by atoms with van der Waals surface area (Å²) in [6.45, 7) is 3.33. The summed E-state index contributed by atoms with van der Waals surface area (Å²) >= 11 is 0. The lowest BCUT2D eigenvalue weighted by atomic mass is 9.95. The normalized spacial score (nSPS) is 37.8. The summed E-state index contributed by atoms with van der Waals surface area (Å²) in [4.78, 5) is 46.0. The molecule has 0 bridgehead atoms. The molecule has 9 heteroatoms. The summed E-state index contributed by atoms with van der Waals surface area (Å²) in [5.41, 5.74) is 2.29. The molecule has 6 rings (SSSR count). The van der Waals surface area contributed by atoms with Crippen molar-refractivity contribution in [2.75, 3.05) is 0 Å². The van der Waals surface area contributed by atoms with E-state index in [0.29, 0.717) is 41.4 Å². The van der Waals surface area contributed by atoms with Crippen LogP contribution in [0.1, 0.15) is 46.0 Å². The zero-order valence-corrected chi connectivity index (χ0v) is 20.8. The molecule has 0 aromatic carbocycles. The smallest absolute Gasteiger partial charge is 0.336 e. The van der Waals surface area contributed by atoms with Gasteiger partial charge in [0.15, 0.2) is 11.6 Å². The highest BCUT2D eigenvalue weighted by Gasteiger charge is 2.44. The Morgan fingerprint density at radius 2 is 1.43 bits per heavy atom. The van der Waals surface area contributed by atoms with E-state index < -0.39 is 24.7 Å². The van der Waals surface area contributed by atoms with E-state index in [1.807, 2.05) is 6.08 Å². The minimum atomic E-state index is -0.779. The molecular formula is C28H30O9. The number of allylic oxidation sites excluding steroid dienone is 2. The number of esters is 2. The second-order valence-electron chi connectivity index (χ2n) is 10.3. The van der Waals surface area contributed by atoms with Crippen LogP contribution >= 0.6 is 0 Å². The molecule has 0 spiro atoms. The quantitative estimate of drug-likeness (QED) is 0.263. The Bertz CT molecular complexity index is 1170. The maximum Gasteiger partial charge on any atom is 0.336 e. The van der Waals surface area contributed by atoms with E-state index in [2.05, 4.69) is 0 Å². The lowest BCUT2D eigenvalue weighted by molar-refractivity contribution is -0.153. The average Bonchev–Trinajstić information content (AvgIpc) is 3.67. The van der Waals surface area contributed by atoms with Gasteiger partial charge in [-0.05, 0) is 44.4 Å². The van der Waals surface area contributed by atoms with Crippen molar-refractivity contribution in [2.24, 2.45) is 23.7 Å². The Kier molecular flexibility index (Phi) is 6.90. The van der Waals surface area contributed by atoms with Gasteiger partial charge in [0.2, 0.25) is 0 Å². The zero-order valence-electron chi connectivity index (χ0n) is 20.8. The summed E-state index contributed by atoms with van der Waals surface area (Å²) in [5, 5.41) is 9.83. The van der Waals surface area contributed by atoms with Gasteiger partial charge in [-0.2, -0.15) is 0 Å². The van der Waals surface area contributed by atoms with E-state index in [0.717, 1.165) is 18.4 Å². The number of hydrogen-bond donors (Lipinski definition) is 1. The first-order chi connectivity index (χ1) is 17.7. The van der Waals surface area contributed by atoms with Crippen molar-refractivity contribution in [1.82, 2.24) is 0 Å². The van der Waals surface area contributed by atoms with Crippen LogP contribution in [0.15, 0.2) is 59.1 Å². The van der Waals surface area contributed by atoms with E-state index in [1.54, 1.807) is 32.1 Å². The molecule has 0 amide bonds. The zero-order chi connectivity index (χ0) is 26.3. The van der Waals surface area contributed by atoms with Crippen LogP contribution in [0.25, 0.3) is 0 Å². The monoisotopic (exact) mass is 510 g/mol. The van der Waals surface area contributed by atoms with Crippen molar-refractivity contribution in [2.45, 2.75) is 64.6 Å². The minimum Gasteiger partial charge on any atom is -0.458 e. The molecule has 0 aromatic rings. The van der Waals surface area contributed by atoms with Gasteiger partial charge in [-0.15, -0.1) is 0 Å². The third-order valence-corrected chi connectivity index (χ3v) is 7.84. The molecule has 0 unspecified atom stereocenters. The van der Waals surface area contributed by atoms with Gasteiger partial charge in [0.1, 0.15) is 0 Å². The fourth-order valence-electron chi connectivity index (χ4n) is 5.85. The van der Waals surface area contributed by atoms with Gasteiger partial charge in [0, 0.05) is 53.2 Å². The van der Waals surface area contributed by atoms with Crippen molar-refractivity contribution >= 4 is 23.5 Å². The molecule has 4 aliphatic carbocycles. The molecule has 37 heavy (non-hydrogen) atoms. The van der Waals surface area contributed by atoms with Gasteiger partial charge in [0.25, 0.3) is 12.6 Å². The van der Waals surface area contributed by atoms with Crippen molar-refractivity contribution in [3.05, 3.63) is 59.1 Å². The number of cyclic esters (lactones) is 2. The highest BCUT2D eigenvalue weighted by atomic mass is 16.7. The van der Waals surface area contributed by atoms with Crippen LogP contribution in [0.3, 0.4) is 0 Å². The Balaban J connectivity index is 0.000000152. The van der Waals surface area contributed by atoms with E-state index >= 15 is 0 Å². The van der Waals surface area contributed by atoms with Crippen LogP contribution in [0.2, 0.25) is 0 Å². The van der Waals surface area contributed by atoms with Crippen LogP contribution in [0.4, 0.5) is 0 Å². The average molecular weight is 511 g/mol. The summed E-state index contributed by atoms with van der Waals surface area (Å²) < 4.78 is 20.6. The third-order valence-electron chi connectivity index (χ3n) is 7.84. The number of ether oxygens (including phenoxy) is 4. The van der Waals surface area contributed by atoms with Gasteiger partial charge in [-0.3, -0.25) is 9.59 Å². The number of aliphatic hydroxyl groups is 1. The predicted octanol–water partition coefficient (Wildman–Crippen LogP) is 2.96. The fraction of sp³-hybridized carbons (Fsp3) is 0.500. The number of Topliss-reactive ketones (excluding diaryl/α,β-unsaturated/α-hetero) is 2. The van der Waals surface area contributed by atoms with Gasteiger partial charge >= 0.3 is 11.9 Å². The molecule has 6 aliphatic rings. The number of rotatable bonds is 4. The Hall–Kier alpha value is -3.46. The first-order valence-electron chi connectivity index (χ1n) is 12.6. The second-order valence-corrected chi connectivity index (χ2v) is 10.3. The molecule has 3 saturated carbocycles. The topological polar surface area (TPSA) is 125 Å². The molecule has 3 fully saturated rings. The first kappa shape index (κ1) is 25.2. The summed E-state index contributed by atoms with van der Waals surface area (Å²) in [7, 11) is 0. The maximum atomic E-state index is 11.9. The molecule has 0 radical (unpaired) electrons. The molecule has 2 aliphatic heterocycles. The van der Waals surface area contributed by atoms with Gasteiger partial charge in [-0.25, -0.2) is 9.59 Å². The van der Waals surface area contributed by atoms with Crippen molar-refractivity contribution in [1.29, 1.82) is 0 Å². The van der Waals surface area contributed by atoms with E-state index in [1.165, 1.54) is 18.9 Å². The molecule has 0 aromatic heterocycles. The highest BCUT2D eigenvalue weighted by Crippen LogP contribution is 2.45. The molecule has 1 N–H and O–H groups in total. The lowest BCUT2D eigenvalue weighted by Gasteiger charge is -2.15. The van der Waals surface area contributed by atoms with Crippen molar-refractivity contribution in [3.8, 4) is 0 Å². The van der Waals surface area contributed by atoms with E-state index in [4.69, 9.17) is 18.9 Å². The lowest BCUT2D eigenvalue weighted by Crippen LogP contribution is -2.19. The van der Waals surface area contributed by atoms with Gasteiger partial charge < -0.3 is 24.1 Å². The Morgan fingerprint density at radius 3 is 2.03 bits per heavy atom. The SMILES string of the molecule is CC1=C[C@@H](O/C=C2/C(=O)C[C@@H]3C=C[C@@H](O)[C@H]23)OC1=O.CC1=C[C@@H](O/C=C2/C(=O)C[C@@H]3CCC[C@H]23)OC1=O. The third kappa shape index (κ3) is 5.05. The predicted molar refractivity (Wildman–Crippen MR) is 128 cm³/mol. The van der Waals surface area contributed by atoms with Crippen molar-refractivity contribution < 1.29 is 43.2 Å². The molecule has 2 heterocycles. The van der Waals surface area contributed by atoms with Crippen LogP contribution in [-0.2, 0) is 38.1 Å². The molecule has 7 atom stereocenters.